The van der Waals surface area contributed by atoms with Crippen LogP contribution in [-0.2, 0) is 4.74 Å². The van der Waals surface area contributed by atoms with Crippen LogP contribution in [0.5, 0.6) is 0 Å². The Morgan fingerprint density at radius 1 is 1.80 bits per heavy atom. The third-order valence-corrected chi connectivity index (χ3v) is 2.05. The smallest absolute Gasteiger partial charge is 0.407 e. The molecule has 10 heavy (non-hydrogen) atoms. The number of hydrogen-bond donors (Lipinski definition) is 1. The summed E-state index contributed by atoms with van der Waals surface area (Å²) >= 11 is 3.44. The summed E-state index contributed by atoms with van der Waals surface area (Å²) in [6, 6.07) is 0.0833. The Bertz CT molecular complexity index is 152. The zero-order chi connectivity index (χ0) is 7.78. The van der Waals surface area contributed by atoms with E-state index < -0.39 is 0 Å². The van der Waals surface area contributed by atoms with E-state index in [-0.39, 0.29) is 16.5 Å². The van der Waals surface area contributed by atoms with E-state index in [4.69, 9.17) is 4.74 Å². The van der Waals surface area contributed by atoms with Gasteiger partial charge in [-0.15, -0.1) is 0 Å². The van der Waals surface area contributed by atoms with Gasteiger partial charge in [0, 0.05) is 4.32 Å². The molecule has 1 N–H and O–H groups in total. The standard InChI is InChI=1S/C6H10BrNO2/c1-6(2,7)4-3-10-5(9)8-4/h4H,3H2,1-2H3,(H,8,9)/t4-/m1/s1. The molecule has 0 spiro atoms. The molecule has 0 bridgehead atoms. The third-order valence-electron chi connectivity index (χ3n) is 1.50. The van der Waals surface area contributed by atoms with Crippen molar-refractivity contribution >= 4 is 22.0 Å². The second kappa shape index (κ2) is 2.42. The maximum atomic E-state index is 10.5. The highest BCUT2D eigenvalue weighted by molar-refractivity contribution is 9.10. The first-order valence-corrected chi connectivity index (χ1v) is 3.91. The van der Waals surface area contributed by atoms with Gasteiger partial charge in [-0.1, -0.05) is 15.9 Å². The zero-order valence-corrected chi connectivity index (χ0v) is 7.56. The monoisotopic (exact) mass is 207 g/mol. The number of carbonyl (C=O) groups excluding carboxylic acids is 1. The SMILES string of the molecule is CC(C)(Br)[C@H]1COC(=O)N1. The molecule has 1 aliphatic heterocycles. The molecule has 1 heterocycles. The first-order chi connectivity index (χ1) is 4.50. The molecular weight excluding hydrogens is 198 g/mol. The summed E-state index contributed by atoms with van der Waals surface area (Å²) in [5.74, 6) is 0. The summed E-state index contributed by atoms with van der Waals surface area (Å²) < 4.78 is 4.63. The number of ether oxygens (including phenoxy) is 1. The Kier molecular flexibility index (Phi) is 1.90. The van der Waals surface area contributed by atoms with E-state index in [1.807, 2.05) is 13.8 Å². The predicted molar refractivity (Wildman–Crippen MR) is 41.3 cm³/mol. The van der Waals surface area contributed by atoms with Crippen molar-refractivity contribution in [2.75, 3.05) is 6.61 Å². The lowest BCUT2D eigenvalue weighted by Gasteiger charge is -2.21. The van der Waals surface area contributed by atoms with Crippen LogP contribution in [0.25, 0.3) is 0 Å². The Hall–Kier alpha value is -0.250. The summed E-state index contributed by atoms with van der Waals surface area (Å²) in [7, 11) is 0. The van der Waals surface area contributed by atoms with Crippen LogP contribution in [0.1, 0.15) is 13.8 Å². The Morgan fingerprint density at radius 2 is 2.40 bits per heavy atom. The Balaban J connectivity index is 2.53. The van der Waals surface area contributed by atoms with Gasteiger partial charge in [-0.3, -0.25) is 0 Å². The van der Waals surface area contributed by atoms with Crippen molar-refractivity contribution in [3.8, 4) is 0 Å². The lowest BCUT2D eigenvalue weighted by molar-refractivity contribution is 0.176. The van der Waals surface area contributed by atoms with Gasteiger partial charge in [-0.2, -0.15) is 0 Å². The van der Waals surface area contributed by atoms with Crippen molar-refractivity contribution < 1.29 is 9.53 Å². The molecule has 0 unspecified atom stereocenters. The number of amides is 1. The number of nitrogens with one attached hydrogen (secondary N) is 1. The van der Waals surface area contributed by atoms with Crippen LogP contribution < -0.4 is 5.32 Å². The molecular formula is C6H10BrNO2. The van der Waals surface area contributed by atoms with E-state index in [1.165, 1.54) is 0 Å². The van der Waals surface area contributed by atoms with Gasteiger partial charge in [0.25, 0.3) is 0 Å². The van der Waals surface area contributed by atoms with Gasteiger partial charge in [0.2, 0.25) is 0 Å². The van der Waals surface area contributed by atoms with E-state index in [1.54, 1.807) is 0 Å². The Morgan fingerprint density at radius 3 is 2.60 bits per heavy atom. The number of halogens is 1. The first kappa shape index (κ1) is 7.85. The molecule has 1 rings (SSSR count). The molecule has 1 amide bonds. The number of rotatable bonds is 1. The quantitative estimate of drug-likeness (QED) is 0.659. The lowest BCUT2D eigenvalue weighted by Crippen LogP contribution is -2.40. The maximum absolute atomic E-state index is 10.5. The fourth-order valence-corrected chi connectivity index (χ4v) is 1.00. The maximum Gasteiger partial charge on any atom is 0.407 e. The van der Waals surface area contributed by atoms with E-state index in [9.17, 15) is 4.79 Å². The fourth-order valence-electron chi connectivity index (χ4n) is 0.754. The highest BCUT2D eigenvalue weighted by Gasteiger charge is 2.33. The van der Waals surface area contributed by atoms with Crippen LogP contribution in [0.2, 0.25) is 0 Å². The summed E-state index contributed by atoms with van der Waals surface area (Å²) in [5.41, 5.74) is 0. The zero-order valence-electron chi connectivity index (χ0n) is 5.98. The molecule has 0 aromatic rings. The molecule has 0 aromatic carbocycles. The van der Waals surface area contributed by atoms with Crippen molar-refractivity contribution in [1.82, 2.24) is 5.32 Å². The average Bonchev–Trinajstić information content (AvgIpc) is 2.11. The lowest BCUT2D eigenvalue weighted by atomic mass is 10.1. The topological polar surface area (TPSA) is 38.3 Å². The molecule has 1 saturated heterocycles. The van der Waals surface area contributed by atoms with Gasteiger partial charge < -0.3 is 10.1 Å². The van der Waals surface area contributed by atoms with Crippen molar-refractivity contribution in [3.63, 3.8) is 0 Å². The molecule has 0 radical (unpaired) electrons. The summed E-state index contributed by atoms with van der Waals surface area (Å²) in [6.45, 7) is 4.44. The number of cyclic esters (lactones) is 1. The minimum atomic E-state index is -0.322. The average molecular weight is 208 g/mol. The van der Waals surface area contributed by atoms with Crippen molar-refractivity contribution in [1.29, 1.82) is 0 Å². The van der Waals surface area contributed by atoms with Crippen molar-refractivity contribution in [2.45, 2.75) is 24.2 Å². The molecule has 1 aliphatic rings. The summed E-state index contributed by atoms with van der Waals surface area (Å²) in [5, 5.41) is 2.69. The number of alkyl halides is 1. The van der Waals surface area contributed by atoms with Crippen LogP contribution in [0.4, 0.5) is 4.79 Å². The largest absolute Gasteiger partial charge is 0.447 e. The normalized spacial score (nSPS) is 25.9. The highest BCUT2D eigenvalue weighted by Crippen LogP contribution is 2.23. The Labute approximate surface area is 68.3 Å². The van der Waals surface area contributed by atoms with E-state index >= 15 is 0 Å². The molecule has 58 valence electrons. The minimum absolute atomic E-state index is 0.0833. The van der Waals surface area contributed by atoms with Crippen molar-refractivity contribution in [3.05, 3.63) is 0 Å². The van der Waals surface area contributed by atoms with Crippen LogP contribution in [-0.4, -0.2) is 23.1 Å². The number of alkyl carbamates (subject to hydrolysis) is 1. The molecule has 0 aliphatic carbocycles. The van der Waals surface area contributed by atoms with Crippen LogP contribution in [0.15, 0.2) is 0 Å². The van der Waals surface area contributed by atoms with E-state index in [0.29, 0.717) is 6.61 Å². The molecule has 3 nitrogen and oxygen atoms in total. The van der Waals surface area contributed by atoms with Gasteiger partial charge in [-0.05, 0) is 13.8 Å². The van der Waals surface area contributed by atoms with E-state index in [2.05, 4.69) is 21.2 Å². The van der Waals surface area contributed by atoms with Crippen LogP contribution >= 0.6 is 15.9 Å². The molecule has 0 saturated carbocycles. The highest BCUT2D eigenvalue weighted by atomic mass is 79.9. The van der Waals surface area contributed by atoms with Crippen LogP contribution in [0.3, 0.4) is 0 Å². The fraction of sp³-hybridized carbons (Fsp3) is 0.833. The predicted octanol–water partition coefficient (Wildman–Crippen LogP) is 1.27. The van der Waals surface area contributed by atoms with Gasteiger partial charge in [0.15, 0.2) is 0 Å². The van der Waals surface area contributed by atoms with Gasteiger partial charge in [-0.25, -0.2) is 4.79 Å². The molecule has 4 heteroatoms. The van der Waals surface area contributed by atoms with E-state index in [0.717, 1.165) is 0 Å². The minimum Gasteiger partial charge on any atom is -0.447 e. The molecule has 0 aromatic heterocycles. The summed E-state index contributed by atoms with van der Waals surface area (Å²) in [6.07, 6.45) is -0.322. The van der Waals surface area contributed by atoms with Gasteiger partial charge in [0.05, 0.1) is 6.04 Å². The molecule has 1 fully saturated rings. The van der Waals surface area contributed by atoms with Crippen LogP contribution in [0, 0.1) is 0 Å². The van der Waals surface area contributed by atoms with Gasteiger partial charge >= 0.3 is 6.09 Å². The number of carbonyl (C=O) groups is 1. The van der Waals surface area contributed by atoms with Gasteiger partial charge in [0.1, 0.15) is 6.61 Å². The second-order valence-corrected chi connectivity index (χ2v) is 4.90. The molecule has 1 atom stereocenters. The van der Waals surface area contributed by atoms with Crippen molar-refractivity contribution in [2.24, 2.45) is 0 Å². The second-order valence-electron chi connectivity index (χ2n) is 2.86. The third kappa shape index (κ3) is 1.62. The first-order valence-electron chi connectivity index (χ1n) is 3.12. The number of hydrogen-bond acceptors (Lipinski definition) is 2. The summed E-state index contributed by atoms with van der Waals surface area (Å²) in [4.78, 5) is 10.5.